The van der Waals surface area contributed by atoms with Crippen molar-refractivity contribution < 1.29 is 0 Å². The number of benzene rings is 1. The normalized spacial score (nSPS) is 11.1. The highest BCUT2D eigenvalue weighted by molar-refractivity contribution is 5.61. The van der Waals surface area contributed by atoms with E-state index in [0.717, 1.165) is 0 Å². The van der Waals surface area contributed by atoms with Crippen LogP contribution in [0.2, 0.25) is 0 Å². The zero-order chi connectivity index (χ0) is 13.2. The standard InChI is InChI=1S/C15H22N2/c1-11-9-13(15(3,4)5)10-12(2)14(11)17(6)8-7-16/h9-10H,8H2,1-6H3. The molecule has 17 heavy (non-hydrogen) atoms. The predicted molar refractivity (Wildman–Crippen MR) is 73.5 cm³/mol. The van der Waals surface area contributed by atoms with Crippen LogP contribution >= 0.6 is 0 Å². The summed E-state index contributed by atoms with van der Waals surface area (Å²) in [6.45, 7) is 11.3. The van der Waals surface area contributed by atoms with Gasteiger partial charge < -0.3 is 4.90 Å². The van der Waals surface area contributed by atoms with Crippen molar-refractivity contribution in [1.29, 1.82) is 5.26 Å². The molecule has 0 aliphatic heterocycles. The average molecular weight is 230 g/mol. The first-order valence-corrected chi connectivity index (χ1v) is 5.97. The van der Waals surface area contributed by atoms with Crippen molar-refractivity contribution in [3.63, 3.8) is 0 Å². The van der Waals surface area contributed by atoms with E-state index in [-0.39, 0.29) is 5.41 Å². The van der Waals surface area contributed by atoms with Gasteiger partial charge in [0.05, 0.1) is 6.07 Å². The summed E-state index contributed by atoms with van der Waals surface area (Å²) < 4.78 is 0. The third-order valence-electron chi connectivity index (χ3n) is 3.05. The average Bonchev–Trinajstić information content (AvgIpc) is 2.15. The Kier molecular flexibility index (Phi) is 3.83. The van der Waals surface area contributed by atoms with E-state index in [2.05, 4.69) is 52.8 Å². The van der Waals surface area contributed by atoms with Gasteiger partial charge in [0.2, 0.25) is 0 Å². The molecule has 0 bridgehead atoms. The minimum absolute atomic E-state index is 0.169. The Morgan fingerprint density at radius 1 is 1.18 bits per heavy atom. The molecule has 0 unspecified atom stereocenters. The molecule has 0 amide bonds. The van der Waals surface area contributed by atoms with E-state index in [1.54, 1.807) is 0 Å². The molecule has 1 aromatic rings. The minimum Gasteiger partial charge on any atom is -0.361 e. The molecule has 0 saturated carbocycles. The molecule has 1 rings (SSSR count). The van der Waals surface area contributed by atoms with E-state index in [0.29, 0.717) is 6.54 Å². The minimum atomic E-state index is 0.169. The van der Waals surface area contributed by atoms with Gasteiger partial charge in [-0.15, -0.1) is 0 Å². The van der Waals surface area contributed by atoms with E-state index < -0.39 is 0 Å². The SMILES string of the molecule is Cc1cc(C(C)(C)C)cc(C)c1N(C)CC#N. The van der Waals surface area contributed by atoms with Gasteiger partial charge in [-0.25, -0.2) is 0 Å². The number of nitrogens with zero attached hydrogens (tertiary/aromatic N) is 2. The van der Waals surface area contributed by atoms with Gasteiger partial charge in [-0.3, -0.25) is 0 Å². The van der Waals surface area contributed by atoms with E-state index >= 15 is 0 Å². The third-order valence-corrected chi connectivity index (χ3v) is 3.05. The molecule has 0 fully saturated rings. The molecule has 2 nitrogen and oxygen atoms in total. The van der Waals surface area contributed by atoms with Crippen LogP contribution in [-0.4, -0.2) is 13.6 Å². The highest BCUT2D eigenvalue weighted by Crippen LogP contribution is 2.31. The number of rotatable bonds is 2. The zero-order valence-corrected chi connectivity index (χ0v) is 11.8. The molecule has 0 spiro atoms. The topological polar surface area (TPSA) is 27.0 Å². The fourth-order valence-electron chi connectivity index (χ4n) is 2.18. The molecule has 0 heterocycles. The Morgan fingerprint density at radius 2 is 1.65 bits per heavy atom. The summed E-state index contributed by atoms with van der Waals surface area (Å²) >= 11 is 0. The van der Waals surface area contributed by atoms with Gasteiger partial charge in [0.1, 0.15) is 6.54 Å². The maximum Gasteiger partial charge on any atom is 0.105 e. The summed E-state index contributed by atoms with van der Waals surface area (Å²) in [5.74, 6) is 0. The van der Waals surface area contributed by atoms with Gasteiger partial charge in [-0.1, -0.05) is 32.9 Å². The molecular weight excluding hydrogens is 208 g/mol. The molecule has 0 aliphatic carbocycles. The zero-order valence-electron chi connectivity index (χ0n) is 11.8. The van der Waals surface area contributed by atoms with Gasteiger partial charge >= 0.3 is 0 Å². The van der Waals surface area contributed by atoms with Crippen LogP contribution in [0.15, 0.2) is 12.1 Å². The lowest BCUT2D eigenvalue weighted by Gasteiger charge is -2.26. The summed E-state index contributed by atoms with van der Waals surface area (Å²) in [5, 5.41) is 8.77. The second-order valence-corrected chi connectivity index (χ2v) is 5.72. The van der Waals surface area contributed by atoms with Gasteiger partial charge in [0.25, 0.3) is 0 Å². The van der Waals surface area contributed by atoms with Crippen molar-refractivity contribution in [1.82, 2.24) is 0 Å². The summed E-state index contributed by atoms with van der Waals surface area (Å²) in [7, 11) is 1.97. The van der Waals surface area contributed by atoms with Crippen LogP contribution < -0.4 is 4.90 Å². The lowest BCUT2D eigenvalue weighted by molar-refractivity contribution is 0.589. The molecule has 0 radical (unpaired) electrons. The second-order valence-electron chi connectivity index (χ2n) is 5.72. The Labute approximate surface area is 105 Å². The van der Waals surface area contributed by atoms with Crippen LogP contribution in [0.3, 0.4) is 0 Å². The van der Waals surface area contributed by atoms with Crippen LogP contribution in [0.1, 0.15) is 37.5 Å². The number of hydrogen-bond acceptors (Lipinski definition) is 2. The Bertz CT molecular complexity index is 424. The van der Waals surface area contributed by atoms with Crippen molar-refractivity contribution >= 4 is 5.69 Å². The summed E-state index contributed by atoms with van der Waals surface area (Å²) in [4.78, 5) is 2.01. The van der Waals surface area contributed by atoms with Gasteiger partial charge in [0.15, 0.2) is 0 Å². The number of nitriles is 1. The molecule has 0 aliphatic rings. The molecule has 2 heteroatoms. The lowest BCUT2D eigenvalue weighted by Crippen LogP contribution is -2.20. The van der Waals surface area contributed by atoms with Crippen LogP contribution in [-0.2, 0) is 5.41 Å². The van der Waals surface area contributed by atoms with Crippen molar-refractivity contribution in [2.24, 2.45) is 0 Å². The van der Waals surface area contributed by atoms with Crippen LogP contribution in [0.5, 0.6) is 0 Å². The number of anilines is 1. The quantitative estimate of drug-likeness (QED) is 0.726. The summed E-state index contributed by atoms with van der Waals surface area (Å²) in [5.41, 5.74) is 5.18. The molecule has 1 aromatic carbocycles. The Hall–Kier alpha value is -1.49. The number of hydrogen-bond donors (Lipinski definition) is 0. The smallest absolute Gasteiger partial charge is 0.105 e. The Morgan fingerprint density at radius 3 is 2.00 bits per heavy atom. The van der Waals surface area contributed by atoms with Gasteiger partial charge in [-0.2, -0.15) is 5.26 Å². The molecule has 0 saturated heterocycles. The molecule has 0 atom stereocenters. The largest absolute Gasteiger partial charge is 0.361 e. The summed E-state index contributed by atoms with van der Waals surface area (Å²) in [6.07, 6.45) is 0. The molecule has 0 N–H and O–H groups in total. The van der Waals surface area contributed by atoms with E-state index in [1.807, 2.05) is 11.9 Å². The predicted octanol–water partition coefficient (Wildman–Crippen LogP) is 3.56. The summed E-state index contributed by atoms with van der Waals surface area (Å²) in [6, 6.07) is 6.66. The first-order chi connectivity index (χ1) is 7.77. The highest BCUT2D eigenvalue weighted by Gasteiger charge is 2.17. The van der Waals surface area contributed by atoms with Crippen molar-refractivity contribution in [3.8, 4) is 6.07 Å². The fourth-order valence-corrected chi connectivity index (χ4v) is 2.18. The Balaban J connectivity index is 3.25. The van der Waals surface area contributed by atoms with E-state index in [1.165, 1.54) is 22.4 Å². The molecule has 92 valence electrons. The van der Waals surface area contributed by atoms with Crippen molar-refractivity contribution in [2.75, 3.05) is 18.5 Å². The highest BCUT2D eigenvalue weighted by atomic mass is 15.1. The maximum atomic E-state index is 8.77. The van der Waals surface area contributed by atoms with Crippen molar-refractivity contribution in [2.45, 2.75) is 40.0 Å². The van der Waals surface area contributed by atoms with Gasteiger partial charge in [0, 0.05) is 12.7 Å². The fraction of sp³-hybridized carbons (Fsp3) is 0.533. The second kappa shape index (κ2) is 4.79. The maximum absolute atomic E-state index is 8.77. The van der Waals surface area contributed by atoms with Gasteiger partial charge in [-0.05, 0) is 36.0 Å². The van der Waals surface area contributed by atoms with Crippen molar-refractivity contribution in [3.05, 3.63) is 28.8 Å². The van der Waals surface area contributed by atoms with Crippen LogP contribution in [0, 0.1) is 25.2 Å². The monoisotopic (exact) mass is 230 g/mol. The first-order valence-electron chi connectivity index (χ1n) is 5.97. The van der Waals surface area contributed by atoms with Crippen LogP contribution in [0.25, 0.3) is 0 Å². The van der Waals surface area contributed by atoms with E-state index in [4.69, 9.17) is 5.26 Å². The molecule has 0 aromatic heterocycles. The number of aryl methyl sites for hydroxylation is 2. The third kappa shape index (κ3) is 3.00. The first kappa shape index (κ1) is 13.6. The van der Waals surface area contributed by atoms with Crippen LogP contribution in [0.4, 0.5) is 5.69 Å². The molecular formula is C15H22N2. The van der Waals surface area contributed by atoms with E-state index in [9.17, 15) is 0 Å². The lowest BCUT2D eigenvalue weighted by atomic mass is 9.84.